The molecule has 0 bridgehead atoms. The summed E-state index contributed by atoms with van der Waals surface area (Å²) in [5, 5.41) is 0.112. The van der Waals surface area contributed by atoms with Crippen LogP contribution in [0.5, 0.6) is 0 Å². The molecule has 0 N–H and O–H groups in total. The van der Waals surface area contributed by atoms with Crippen LogP contribution in [-0.2, 0) is 27.1 Å². The van der Waals surface area contributed by atoms with Crippen molar-refractivity contribution >= 4 is 28.3 Å². The average Bonchev–Trinajstić information content (AvgIpc) is 2.71. The number of hydrogen-bond donors (Lipinski definition) is 0. The fraction of sp³-hybridized carbons (Fsp3) is 0.750. The quantitative estimate of drug-likeness (QED) is 0.315. The summed E-state index contributed by atoms with van der Waals surface area (Å²) in [6.45, 7) is 10.9. The lowest BCUT2D eigenvalue weighted by Gasteiger charge is -2.32. The molecule has 0 aromatic carbocycles. The van der Waals surface area contributed by atoms with Gasteiger partial charge in [-0.25, -0.2) is 21.2 Å². The minimum absolute atomic E-state index is 0.112. The van der Waals surface area contributed by atoms with Crippen LogP contribution in [0.1, 0.15) is 20.8 Å². The molecule has 0 saturated carbocycles. The fourth-order valence-corrected chi connectivity index (χ4v) is 6.70. The second-order valence-electron chi connectivity index (χ2n) is 7.00. The van der Waals surface area contributed by atoms with Gasteiger partial charge in [-0.05, 0) is 18.1 Å². The van der Waals surface area contributed by atoms with E-state index in [4.69, 9.17) is 17.0 Å². The molecule has 1 aromatic heterocycles. The highest BCUT2D eigenvalue weighted by molar-refractivity contribution is 7.92. The molecule has 148 valence electrons. The summed E-state index contributed by atoms with van der Waals surface area (Å²) in [6, 6.07) is 0. The van der Waals surface area contributed by atoms with Crippen LogP contribution in [0.15, 0.2) is 22.7 Å². The minimum Gasteiger partial charge on any atom is -0.741 e. The zero-order chi connectivity index (χ0) is 20.5. The van der Waals surface area contributed by atoms with Crippen LogP contribution in [0, 0.1) is 0 Å². The van der Waals surface area contributed by atoms with Gasteiger partial charge in [0.15, 0.2) is 28.3 Å². The minimum atomic E-state index is -6.09. The molecule has 13 heteroatoms. The highest BCUT2D eigenvalue weighted by atomic mass is 32.2. The van der Waals surface area contributed by atoms with E-state index >= 15 is 0 Å². The third-order valence-corrected chi connectivity index (χ3v) is 12.1. The van der Waals surface area contributed by atoms with E-state index in [1.54, 1.807) is 10.2 Å². The van der Waals surface area contributed by atoms with Crippen molar-refractivity contribution in [2.45, 2.75) is 44.4 Å². The lowest BCUT2D eigenvalue weighted by atomic mass is 10.2. The Morgan fingerprint density at radius 3 is 1.80 bits per heavy atom. The summed E-state index contributed by atoms with van der Waals surface area (Å²) in [5.74, 6) is 0. The number of aromatic nitrogens is 2. The molecule has 1 unspecified atom stereocenters. The molecule has 0 saturated heterocycles. The van der Waals surface area contributed by atoms with Crippen molar-refractivity contribution in [3.05, 3.63) is 18.7 Å². The molecule has 0 fully saturated rings. The predicted octanol–water partition coefficient (Wildman–Crippen LogP) is 2.23. The van der Waals surface area contributed by atoms with E-state index in [1.165, 1.54) is 0 Å². The zero-order valence-corrected chi connectivity index (χ0v) is 17.8. The van der Waals surface area contributed by atoms with Crippen LogP contribution in [-0.4, -0.2) is 41.2 Å². The van der Waals surface area contributed by atoms with Gasteiger partial charge in [0.25, 0.3) is 6.33 Å². The van der Waals surface area contributed by atoms with Gasteiger partial charge in [0.1, 0.15) is 12.4 Å². The van der Waals surface area contributed by atoms with E-state index in [2.05, 4.69) is 33.9 Å². The van der Waals surface area contributed by atoms with Crippen LogP contribution >= 0.6 is 0 Å². The van der Waals surface area contributed by atoms with Gasteiger partial charge in [-0.3, -0.25) is 0 Å². The van der Waals surface area contributed by atoms with Crippen LogP contribution in [0.2, 0.25) is 18.1 Å². The topological polar surface area (TPSA) is 95.4 Å². The van der Waals surface area contributed by atoms with E-state index in [0.717, 1.165) is 0 Å². The van der Waals surface area contributed by atoms with Crippen molar-refractivity contribution in [1.29, 1.82) is 0 Å². The molecule has 0 aliphatic heterocycles. The number of hydrogen-bond acceptors (Lipinski definition) is 5. The van der Waals surface area contributed by atoms with E-state index < -0.39 is 33.8 Å². The van der Waals surface area contributed by atoms with Gasteiger partial charge in [0.2, 0.25) is 0 Å². The Bertz CT molecular complexity index is 817. The molecular weight excluding hydrogens is 399 g/mol. The van der Waals surface area contributed by atoms with E-state index in [0.29, 0.717) is 0 Å². The summed E-state index contributed by atoms with van der Waals surface area (Å²) in [5.41, 5.74) is -5.65. The molecule has 1 aromatic rings. The Morgan fingerprint density at radius 2 is 1.56 bits per heavy atom. The molecule has 25 heavy (non-hydrogen) atoms. The first-order valence-corrected chi connectivity index (χ1v) is 13.2. The number of imidazole rings is 1. The molecule has 0 spiro atoms. The van der Waals surface area contributed by atoms with Gasteiger partial charge in [-0.15, -0.1) is 3.97 Å². The van der Waals surface area contributed by atoms with Crippen LogP contribution in [0.4, 0.5) is 13.2 Å². The normalized spacial score (nSPS) is 15.8. The summed E-state index contributed by atoms with van der Waals surface area (Å²) in [4.78, 5) is 0. The van der Waals surface area contributed by atoms with Crippen molar-refractivity contribution < 1.29 is 34.9 Å². The number of halogens is 3. The van der Waals surface area contributed by atoms with E-state index in [-0.39, 0.29) is 5.04 Å². The Kier molecular flexibility index (Phi) is 7.09. The van der Waals surface area contributed by atoms with Gasteiger partial charge in [-0.2, -0.15) is 13.2 Å². The lowest BCUT2D eigenvalue weighted by molar-refractivity contribution is -0.670. The third kappa shape index (κ3) is 7.07. The van der Waals surface area contributed by atoms with Gasteiger partial charge in [0.05, 0.1) is 13.3 Å². The number of rotatable bonds is 2. The first kappa shape index (κ1) is 24.1. The second-order valence-corrected chi connectivity index (χ2v) is 15.7. The monoisotopic (exact) mass is 423 g/mol. The molecule has 1 atom stereocenters. The summed E-state index contributed by atoms with van der Waals surface area (Å²) >= 11 is 0. The molecule has 0 aliphatic rings. The second kappa shape index (κ2) is 7.37. The molecule has 0 aliphatic carbocycles. The van der Waals surface area contributed by atoms with Crippen molar-refractivity contribution in [3.63, 3.8) is 0 Å². The molecule has 7 nitrogen and oxygen atoms in total. The Labute approximate surface area is 148 Å². The van der Waals surface area contributed by atoms with Crippen LogP contribution < -0.4 is 4.57 Å². The van der Waals surface area contributed by atoms with Crippen LogP contribution in [0.25, 0.3) is 0 Å². The highest BCUT2D eigenvalue weighted by Crippen LogP contribution is 2.37. The number of nitrogens with zero attached hydrogens (tertiary/aromatic N) is 3. The molecule has 1 rings (SSSR count). The first-order chi connectivity index (χ1) is 10.7. The number of aryl methyl sites for hydroxylation is 1. The van der Waals surface area contributed by atoms with Gasteiger partial charge in [0, 0.05) is 0 Å². The van der Waals surface area contributed by atoms with Crippen molar-refractivity contribution in [3.8, 4) is 0 Å². The largest absolute Gasteiger partial charge is 0.741 e. The molecule has 0 radical (unpaired) electrons. The first-order valence-electron chi connectivity index (χ1n) is 7.00. The van der Waals surface area contributed by atoms with Gasteiger partial charge in [-0.1, -0.05) is 20.8 Å². The standard InChI is InChI=1S/C11H24N3OSSi.CHF3O3S/c1-11(2,3)17(6,7)12-16(5,15)14-9-8-13(4)10-14;2-1(3,4)8(5,6)7/h8-10H,1-7H3;(H,5,6,7)/q+1;/p-1. The smallest absolute Gasteiger partial charge is 0.485 e. The zero-order valence-electron chi connectivity index (χ0n) is 15.2. The SMILES string of the molecule is C[n+]1ccn(S(C)(=O)=N[Si](C)(C)C(C)(C)C)c1.O=S(=O)([O-])C(F)(F)F. The van der Waals surface area contributed by atoms with Crippen molar-refractivity contribution in [1.82, 2.24) is 3.97 Å². The Balaban J connectivity index is 0.000000609. The third-order valence-electron chi connectivity index (χ3n) is 3.65. The number of alkyl halides is 3. The van der Waals surface area contributed by atoms with Crippen LogP contribution in [0.3, 0.4) is 0 Å². The van der Waals surface area contributed by atoms with E-state index in [1.807, 2.05) is 30.3 Å². The summed E-state index contributed by atoms with van der Waals surface area (Å²) < 4.78 is 79.9. The maximum atomic E-state index is 12.7. The highest BCUT2D eigenvalue weighted by Gasteiger charge is 2.38. The Hall–Kier alpha value is -0.923. The van der Waals surface area contributed by atoms with Gasteiger partial charge >= 0.3 is 5.51 Å². The van der Waals surface area contributed by atoms with Crippen molar-refractivity contribution in [2.24, 2.45) is 11.1 Å². The van der Waals surface area contributed by atoms with Gasteiger partial charge < -0.3 is 4.55 Å². The maximum absolute atomic E-state index is 12.7. The average molecular weight is 424 g/mol. The predicted molar refractivity (Wildman–Crippen MR) is 90.4 cm³/mol. The maximum Gasteiger partial charge on any atom is 0.485 e. The summed E-state index contributed by atoms with van der Waals surface area (Å²) in [6.07, 6.45) is 7.23. The fourth-order valence-electron chi connectivity index (χ4n) is 1.24. The van der Waals surface area contributed by atoms with Crippen molar-refractivity contribution in [2.75, 3.05) is 6.26 Å². The lowest BCUT2D eigenvalue weighted by Crippen LogP contribution is -2.37. The molecule has 1 heterocycles. The molecule has 0 amide bonds. The Morgan fingerprint density at radius 1 is 1.16 bits per heavy atom. The summed E-state index contributed by atoms with van der Waals surface area (Å²) in [7, 11) is -8.42. The molecular formula is C12H24F3N3O4S2Si. The van der Waals surface area contributed by atoms with E-state index in [9.17, 15) is 17.4 Å².